The standard InChI is InChI=1S/C42H29PS3Si/c44-43(31-14-4-1-5-15-31,32-16-6-2-7-17-32)33-26-24-30(25-27-33)35-28-29-38-42-41(35)46-37-21-11-13-23-40(37)47(42,34-18-8-3-9-19-34)39-22-12-10-20-36(39)45-38/h1-29H. The van der Waals surface area contributed by atoms with Crippen molar-refractivity contribution in [2.75, 3.05) is 0 Å². The van der Waals surface area contributed by atoms with Gasteiger partial charge in [-0.3, -0.25) is 0 Å². The fraction of sp³-hybridized carbons (Fsp3) is 0. The first-order chi connectivity index (χ1) is 23.2. The Labute approximate surface area is 291 Å². The van der Waals surface area contributed by atoms with E-state index >= 15 is 0 Å². The molecule has 0 aliphatic carbocycles. The van der Waals surface area contributed by atoms with Crippen molar-refractivity contribution in [1.29, 1.82) is 0 Å². The van der Waals surface area contributed by atoms with Gasteiger partial charge in [-0.05, 0) is 66.0 Å². The molecular formula is C42H29PS3Si. The number of benzene rings is 7. The van der Waals surface area contributed by atoms with Crippen LogP contribution in [0, 0.1) is 0 Å². The predicted octanol–water partition coefficient (Wildman–Crippen LogP) is 7.42. The minimum atomic E-state index is -2.60. The summed E-state index contributed by atoms with van der Waals surface area (Å²) in [4.78, 5) is 5.54. The maximum Gasteiger partial charge on any atom is 0.184 e. The average molecular weight is 689 g/mol. The van der Waals surface area contributed by atoms with E-state index in [0.29, 0.717) is 0 Å². The Morgan fingerprint density at radius 1 is 0.426 bits per heavy atom. The summed E-state index contributed by atoms with van der Waals surface area (Å²) >= 11 is 10.6. The molecule has 9 rings (SSSR count). The van der Waals surface area contributed by atoms with E-state index in [9.17, 15) is 0 Å². The Kier molecular flexibility index (Phi) is 7.26. The summed E-state index contributed by atoms with van der Waals surface area (Å²) in [5.41, 5.74) is 2.54. The molecule has 0 saturated heterocycles. The first kappa shape index (κ1) is 29.3. The fourth-order valence-corrected chi connectivity index (χ4v) is 20.6. The highest BCUT2D eigenvalue weighted by Crippen LogP contribution is 2.47. The molecule has 0 bridgehead atoms. The van der Waals surface area contributed by atoms with Crippen LogP contribution in [-0.2, 0) is 11.8 Å². The second-order valence-electron chi connectivity index (χ2n) is 12.0. The van der Waals surface area contributed by atoms with E-state index in [-0.39, 0.29) is 0 Å². The van der Waals surface area contributed by atoms with Crippen molar-refractivity contribution in [3.05, 3.63) is 176 Å². The van der Waals surface area contributed by atoms with Crippen molar-refractivity contribution in [2.24, 2.45) is 0 Å². The molecule has 1 atom stereocenters. The third-order valence-electron chi connectivity index (χ3n) is 9.50. The number of hydrogen-bond donors (Lipinski definition) is 0. The van der Waals surface area contributed by atoms with Crippen LogP contribution in [0.1, 0.15) is 0 Å². The molecule has 0 radical (unpaired) electrons. The highest BCUT2D eigenvalue weighted by Gasteiger charge is 2.51. The molecule has 2 heterocycles. The van der Waals surface area contributed by atoms with Gasteiger partial charge in [0.25, 0.3) is 0 Å². The average Bonchev–Trinajstić information content (AvgIpc) is 3.15. The Balaban J connectivity index is 1.27. The van der Waals surface area contributed by atoms with Crippen LogP contribution in [0.15, 0.2) is 196 Å². The Morgan fingerprint density at radius 2 is 0.915 bits per heavy atom. The van der Waals surface area contributed by atoms with Crippen molar-refractivity contribution in [3.63, 3.8) is 0 Å². The highest BCUT2D eigenvalue weighted by molar-refractivity contribution is 8.25. The second-order valence-corrected chi connectivity index (χ2v) is 22.2. The summed E-state index contributed by atoms with van der Waals surface area (Å²) in [5.74, 6) is 0. The van der Waals surface area contributed by atoms with Gasteiger partial charge < -0.3 is 0 Å². The first-order valence-electron chi connectivity index (χ1n) is 15.8. The van der Waals surface area contributed by atoms with Crippen molar-refractivity contribution in [1.82, 2.24) is 0 Å². The lowest BCUT2D eigenvalue weighted by atomic mass is 10.1. The molecule has 0 fully saturated rings. The van der Waals surface area contributed by atoms with Crippen LogP contribution in [0.4, 0.5) is 0 Å². The van der Waals surface area contributed by atoms with Crippen molar-refractivity contribution >= 4 is 86.1 Å². The zero-order valence-electron chi connectivity index (χ0n) is 25.4. The van der Waals surface area contributed by atoms with Crippen LogP contribution in [0.25, 0.3) is 11.1 Å². The van der Waals surface area contributed by atoms with Gasteiger partial charge in [0, 0.05) is 25.6 Å². The monoisotopic (exact) mass is 688 g/mol. The molecule has 5 heteroatoms. The fourth-order valence-electron chi connectivity index (χ4n) is 7.43. The summed E-state index contributed by atoms with van der Waals surface area (Å²) in [6.07, 6.45) is 0. The number of fused-ring (bicyclic) bond motifs is 4. The molecule has 0 aromatic heterocycles. The molecule has 0 nitrogen and oxygen atoms in total. The summed E-state index contributed by atoms with van der Waals surface area (Å²) in [7, 11) is -2.60. The summed E-state index contributed by atoms with van der Waals surface area (Å²) in [6.45, 7) is 0. The van der Waals surface area contributed by atoms with Crippen LogP contribution in [0.3, 0.4) is 0 Å². The zero-order chi connectivity index (χ0) is 31.4. The SMILES string of the molecule is S=P(c1ccccc1)(c1ccccc1)c1ccc(-c2ccc3c4c2Sc2ccccc2[Si]4(c2ccccc2)c2ccccc2S3)cc1. The molecule has 0 amide bonds. The Bertz CT molecular complexity index is 2270. The maximum absolute atomic E-state index is 6.67. The normalized spacial score (nSPS) is 16.1. The van der Waals surface area contributed by atoms with Gasteiger partial charge in [0.1, 0.15) is 0 Å². The predicted molar refractivity (Wildman–Crippen MR) is 210 cm³/mol. The summed E-state index contributed by atoms with van der Waals surface area (Å²) in [6, 6.07) is 62.8. The topological polar surface area (TPSA) is 0 Å². The minimum absolute atomic E-state index is 1.22. The third-order valence-corrected chi connectivity index (χ3v) is 22.5. The van der Waals surface area contributed by atoms with Gasteiger partial charge >= 0.3 is 0 Å². The minimum Gasteiger partial charge on any atom is -0.0902 e. The van der Waals surface area contributed by atoms with E-state index in [1.54, 1.807) is 0 Å². The largest absolute Gasteiger partial charge is 0.184 e. The van der Waals surface area contributed by atoms with Crippen LogP contribution in [0.5, 0.6) is 0 Å². The van der Waals surface area contributed by atoms with Gasteiger partial charge in [-0.25, -0.2) is 0 Å². The molecule has 2 aliphatic heterocycles. The molecule has 47 heavy (non-hydrogen) atoms. The van der Waals surface area contributed by atoms with Gasteiger partial charge in [-0.1, -0.05) is 193 Å². The van der Waals surface area contributed by atoms with E-state index in [4.69, 9.17) is 11.8 Å². The van der Waals surface area contributed by atoms with E-state index < -0.39 is 14.1 Å². The van der Waals surface area contributed by atoms with Crippen LogP contribution in [0.2, 0.25) is 0 Å². The van der Waals surface area contributed by atoms with Crippen LogP contribution >= 0.6 is 29.6 Å². The molecule has 2 aliphatic rings. The lowest BCUT2D eigenvalue weighted by Gasteiger charge is -2.44. The Morgan fingerprint density at radius 3 is 1.51 bits per heavy atom. The molecule has 7 aromatic carbocycles. The quantitative estimate of drug-likeness (QED) is 0.137. The van der Waals surface area contributed by atoms with Gasteiger partial charge in [0.05, 0.1) is 0 Å². The number of hydrogen-bond acceptors (Lipinski definition) is 3. The van der Waals surface area contributed by atoms with Gasteiger partial charge in [-0.2, -0.15) is 0 Å². The first-order valence-corrected chi connectivity index (χ1v) is 22.2. The van der Waals surface area contributed by atoms with Gasteiger partial charge in [0.2, 0.25) is 0 Å². The molecule has 0 spiro atoms. The molecular weight excluding hydrogens is 660 g/mol. The molecule has 1 unspecified atom stereocenters. The molecule has 0 N–H and O–H groups in total. The molecule has 224 valence electrons. The highest BCUT2D eigenvalue weighted by atomic mass is 32.4. The lowest BCUT2D eigenvalue weighted by Crippen LogP contribution is -2.78. The van der Waals surface area contributed by atoms with Crippen LogP contribution < -0.4 is 36.7 Å². The van der Waals surface area contributed by atoms with E-state index in [1.807, 2.05) is 23.5 Å². The molecule has 0 saturated carbocycles. The smallest absolute Gasteiger partial charge is 0.0902 e. The van der Waals surface area contributed by atoms with Gasteiger partial charge in [-0.15, -0.1) is 0 Å². The number of rotatable bonds is 5. The maximum atomic E-state index is 6.67. The van der Waals surface area contributed by atoms with E-state index in [1.165, 1.54) is 67.4 Å². The summed E-state index contributed by atoms with van der Waals surface area (Å²) < 4.78 is 0. The lowest BCUT2D eigenvalue weighted by molar-refractivity contribution is 1.32. The molecule has 7 aromatic rings. The second kappa shape index (κ2) is 11.7. The Hall–Kier alpha value is -3.89. The van der Waals surface area contributed by atoms with E-state index in [2.05, 4.69) is 176 Å². The zero-order valence-corrected chi connectivity index (χ0v) is 29.8. The summed E-state index contributed by atoms with van der Waals surface area (Å²) in [5, 5.41) is 9.64. The van der Waals surface area contributed by atoms with Crippen molar-refractivity contribution < 1.29 is 0 Å². The third kappa shape index (κ3) is 4.47. The van der Waals surface area contributed by atoms with Crippen molar-refractivity contribution in [2.45, 2.75) is 19.6 Å². The van der Waals surface area contributed by atoms with Gasteiger partial charge in [0.15, 0.2) is 8.07 Å². The van der Waals surface area contributed by atoms with E-state index in [0.717, 1.165) is 0 Å². The van der Waals surface area contributed by atoms with Crippen molar-refractivity contribution in [3.8, 4) is 11.1 Å². The van der Waals surface area contributed by atoms with Crippen LogP contribution in [-0.4, -0.2) is 8.07 Å².